The van der Waals surface area contributed by atoms with Crippen LogP contribution in [0.2, 0.25) is 0 Å². The maximum atomic E-state index is 4.12. The van der Waals surface area contributed by atoms with Crippen molar-refractivity contribution in [2.75, 3.05) is 0 Å². The molecule has 0 spiro atoms. The first-order valence-electron chi connectivity index (χ1n) is 4.30. The normalized spacial score (nSPS) is 10.5. The highest BCUT2D eigenvalue weighted by Crippen LogP contribution is 2.21. The molecular formula is C10H10IN3. The fraction of sp³-hybridized carbons (Fsp3) is 0.200. The van der Waals surface area contributed by atoms with E-state index in [-0.39, 0.29) is 0 Å². The van der Waals surface area contributed by atoms with Crippen molar-refractivity contribution in [3.05, 3.63) is 33.5 Å². The molecule has 72 valence electrons. The van der Waals surface area contributed by atoms with Crippen LogP contribution in [0.25, 0.3) is 11.3 Å². The molecule has 0 N–H and O–H groups in total. The number of benzene rings is 1. The second kappa shape index (κ2) is 3.68. The molecule has 3 nitrogen and oxygen atoms in total. The van der Waals surface area contributed by atoms with Crippen molar-refractivity contribution in [2.45, 2.75) is 6.92 Å². The molecule has 1 aromatic carbocycles. The van der Waals surface area contributed by atoms with Crippen molar-refractivity contribution in [1.29, 1.82) is 0 Å². The second-order valence-electron chi connectivity index (χ2n) is 3.22. The molecule has 0 saturated heterocycles. The molecule has 2 aromatic rings. The molecule has 4 heteroatoms. The Bertz CT molecular complexity index is 445. The van der Waals surface area contributed by atoms with Crippen molar-refractivity contribution in [1.82, 2.24) is 15.0 Å². The summed E-state index contributed by atoms with van der Waals surface area (Å²) in [7, 11) is 1.90. The lowest BCUT2D eigenvalue weighted by atomic mass is 10.1. The van der Waals surface area contributed by atoms with Gasteiger partial charge in [0.15, 0.2) is 0 Å². The third-order valence-electron chi connectivity index (χ3n) is 2.08. The smallest absolute Gasteiger partial charge is 0.127 e. The van der Waals surface area contributed by atoms with E-state index in [1.807, 2.05) is 7.05 Å². The van der Waals surface area contributed by atoms with Crippen LogP contribution in [0.3, 0.4) is 0 Å². The molecule has 0 radical (unpaired) electrons. The van der Waals surface area contributed by atoms with Gasteiger partial charge in [-0.3, -0.25) is 0 Å². The number of nitrogens with zero attached hydrogens (tertiary/aromatic N) is 3. The predicted molar refractivity (Wildman–Crippen MR) is 63.9 cm³/mol. The van der Waals surface area contributed by atoms with Crippen LogP contribution in [0.5, 0.6) is 0 Å². The van der Waals surface area contributed by atoms with E-state index >= 15 is 0 Å². The maximum absolute atomic E-state index is 4.12. The highest BCUT2D eigenvalue weighted by Gasteiger charge is 2.08. The first-order valence-corrected chi connectivity index (χ1v) is 5.38. The van der Waals surface area contributed by atoms with Crippen LogP contribution in [0.15, 0.2) is 24.3 Å². The number of aryl methyl sites for hydroxylation is 2. The lowest BCUT2D eigenvalue weighted by Crippen LogP contribution is -1.92. The number of hydrogen-bond donors (Lipinski definition) is 0. The number of hydrogen-bond acceptors (Lipinski definition) is 2. The molecule has 0 aliphatic rings. The van der Waals surface area contributed by atoms with E-state index in [0.717, 1.165) is 15.0 Å². The number of aromatic nitrogens is 3. The molecule has 0 aliphatic carbocycles. The molecule has 0 atom stereocenters. The van der Waals surface area contributed by atoms with Crippen LogP contribution in [0.1, 0.15) is 5.56 Å². The van der Waals surface area contributed by atoms with Crippen LogP contribution >= 0.6 is 22.6 Å². The van der Waals surface area contributed by atoms with Crippen LogP contribution < -0.4 is 0 Å². The molecule has 0 unspecified atom stereocenters. The van der Waals surface area contributed by atoms with Gasteiger partial charge in [0.2, 0.25) is 0 Å². The minimum atomic E-state index is 0.952. The second-order valence-corrected chi connectivity index (χ2v) is 4.24. The lowest BCUT2D eigenvalue weighted by molar-refractivity contribution is 0.701. The van der Waals surface area contributed by atoms with Crippen molar-refractivity contribution in [2.24, 2.45) is 7.05 Å². The quantitative estimate of drug-likeness (QED) is 0.757. The summed E-state index contributed by atoms with van der Waals surface area (Å²) in [5, 5.41) is 8.09. The lowest BCUT2D eigenvalue weighted by Gasteiger charge is -1.98. The standard InChI is InChI=1S/C10H10IN3/c1-7-3-5-8(6-4-7)9-10(11)14(2)13-12-9/h3-6H,1-2H3. The van der Waals surface area contributed by atoms with Crippen molar-refractivity contribution in [3.8, 4) is 11.3 Å². The van der Waals surface area contributed by atoms with Gasteiger partial charge in [0.25, 0.3) is 0 Å². The van der Waals surface area contributed by atoms with Crippen molar-refractivity contribution < 1.29 is 0 Å². The Kier molecular flexibility index (Phi) is 2.54. The van der Waals surface area contributed by atoms with Crippen LogP contribution in [-0.4, -0.2) is 15.0 Å². The van der Waals surface area contributed by atoms with Crippen LogP contribution in [0, 0.1) is 10.6 Å². The average Bonchev–Trinajstić information content (AvgIpc) is 2.50. The zero-order chi connectivity index (χ0) is 10.1. The van der Waals surface area contributed by atoms with Gasteiger partial charge in [0.1, 0.15) is 9.39 Å². The van der Waals surface area contributed by atoms with Crippen LogP contribution in [-0.2, 0) is 7.05 Å². The summed E-state index contributed by atoms with van der Waals surface area (Å²) in [6, 6.07) is 8.31. The van der Waals surface area contributed by atoms with E-state index in [4.69, 9.17) is 0 Å². The largest absolute Gasteiger partial charge is 0.242 e. The topological polar surface area (TPSA) is 30.7 Å². The average molecular weight is 299 g/mol. The highest BCUT2D eigenvalue weighted by atomic mass is 127. The van der Waals surface area contributed by atoms with Gasteiger partial charge < -0.3 is 0 Å². The summed E-state index contributed by atoms with van der Waals surface area (Å²) in [6.45, 7) is 2.07. The minimum absolute atomic E-state index is 0.952. The SMILES string of the molecule is Cc1ccc(-c2nnn(C)c2I)cc1. The molecule has 0 amide bonds. The molecular weight excluding hydrogens is 289 g/mol. The summed E-state index contributed by atoms with van der Waals surface area (Å²) in [5.41, 5.74) is 3.33. The predicted octanol–water partition coefficient (Wildman–Crippen LogP) is 2.40. The van der Waals surface area contributed by atoms with Gasteiger partial charge in [-0.05, 0) is 29.5 Å². The molecule has 0 aliphatic heterocycles. The molecule has 0 bridgehead atoms. The zero-order valence-corrected chi connectivity index (χ0v) is 10.2. The van der Waals surface area contributed by atoms with E-state index in [1.54, 1.807) is 4.68 Å². The highest BCUT2D eigenvalue weighted by molar-refractivity contribution is 14.1. The monoisotopic (exact) mass is 299 g/mol. The van der Waals surface area contributed by atoms with E-state index in [9.17, 15) is 0 Å². The Morgan fingerprint density at radius 1 is 1.21 bits per heavy atom. The first kappa shape index (κ1) is 9.64. The van der Waals surface area contributed by atoms with E-state index < -0.39 is 0 Å². The molecule has 14 heavy (non-hydrogen) atoms. The maximum Gasteiger partial charge on any atom is 0.127 e. The summed E-state index contributed by atoms with van der Waals surface area (Å²) in [4.78, 5) is 0. The summed E-state index contributed by atoms with van der Waals surface area (Å²) in [6.07, 6.45) is 0. The molecule has 0 saturated carbocycles. The van der Waals surface area contributed by atoms with Gasteiger partial charge in [0, 0.05) is 12.6 Å². The zero-order valence-electron chi connectivity index (χ0n) is 8.03. The minimum Gasteiger partial charge on any atom is -0.242 e. The van der Waals surface area contributed by atoms with Crippen LogP contribution in [0.4, 0.5) is 0 Å². The fourth-order valence-corrected chi connectivity index (χ4v) is 1.75. The fourth-order valence-electron chi connectivity index (χ4n) is 1.23. The van der Waals surface area contributed by atoms with Gasteiger partial charge in [-0.15, -0.1) is 5.10 Å². The summed E-state index contributed by atoms with van der Waals surface area (Å²) in [5.74, 6) is 0. The Morgan fingerprint density at radius 3 is 2.36 bits per heavy atom. The van der Waals surface area contributed by atoms with Gasteiger partial charge in [-0.2, -0.15) is 0 Å². The van der Waals surface area contributed by atoms with Gasteiger partial charge >= 0.3 is 0 Å². The molecule has 1 aromatic heterocycles. The van der Waals surface area contributed by atoms with Gasteiger partial charge in [-0.25, -0.2) is 4.68 Å². The molecule has 0 fully saturated rings. The molecule has 1 heterocycles. The third kappa shape index (κ3) is 1.66. The van der Waals surface area contributed by atoms with Crippen molar-refractivity contribution in [3.63, 3.8) is 0 Å². The summed E-state index contributed by atoms with van der Waals surface area (Å²) < 4.78 is 2.84. The van der Waals surface area contributed by atoms with E-state index in [2.05, 4.69) is 64.1 Å². The summed E-state index contributed by atoms with van der Waals surface area (Å²) >= 11 is 2.25. The Hall–Kier alpha value is -0.910. The Morgan fingerprint density at radius 2 is 1.86 bits per heavy atom. The first-order chi connectivity index (χ1) is 6.68. The number of halogens is 1. The van der Waals surface area contributed by atoms with Crippen molar-refractivity contribution >= 4 is 22.6 Å². The third-order valence-corrected chi connectivity index (χ3v) is 3.29. The van der Waals surface area contributed by atoms with Gasteiger partial charge in [-0.1, -0.05) is 35.0 Å². The Labute approximate surface area is 96.3 Å². The van der Waals surface area contributed by atoms with Gasteiger partial charge in [0.05, 0.1) is 0 Å². The Balaban J connectivity index is 2.49. The van der Waals surface area contributed by atoms with E-state index in [1.165, 1.54) is 5.56 Å². The molecule has 2 rings (SSSR count). The van der Waals surface area contributed by atoms with E-state index in [0.29, 0.717) is 0 Å². The number of rotatable bonds is 1.